The fraction of sp³-hybridized carbons (Fsp3) is 0.417. The molecule has 3 rings (SSSR count). The van der Waals surface area contributed by atoms with Gasteiger partial charge in [-0.15, -0.1) is 0 Å². The third kappa shape index (κ3) is 0.877. The van der Waals surface area contributed by atoms with E-state index in [0.717, 1.165) is 11.3 Å². The maximum absolute atomic E-state index is 9.23. The number of hydrogen-bond acceptors (Lipinski definition) is 3. The molecule has 1 aromatic carbocycles. The van der Waals surface area contributed by atoms with Crippen LogP contribution in [0, 0.1) is 11.3 Å². The Kier molecular flexibility index (Phi) is 1.37. The van der Waals surface area contributed by atoms with Crippen LogP contribution in [0.5, 0.6) is 5.75 Å². The summed E-state index contributed by atoms with van der Waals surface area (Å²) in [5.41, 5.74) is 0.438. The summed E-state index contributed by atoms with van der Waals surface area (Å²) in [6.45, 7) is 3.81. The summed E-state index contributed by atoms with van der Waals surface area (Å²) in [5.74, 6) is -0.101. The zero-order valence-electron chi connectivity index (χ0n) is 8.65. The van der Waals surface area contributed by atoms with Crippen LogP contribution < -0.4 is 4.74 Å². The van der Waals surface area contributed by atoms with Gasteiger partial charge in [-0.2, -0.15) is 5.26 Å². The minimum absolute atomic E-state index is 0.243. The third-order valence-electron chi connectivity index (χ3n) is 3.48. The summed E-state index contributed by atoms with van der Waals surface area (Å²) in [6, 6.07) is 9.94. The molecule has 15 heavy (non-hydrogen) atoms. The first-order valence-corrected chi connectivity index (χ1v) is 4.98. The zero-order valence-corrected chi connectivity index (χ0v) is 8.65. The molecular formula is C12H11NO2. The molecule has 3 unspecified atom stereocenters. The van der Waals surface area contributed by atoms with Gasteiger partial charge in [0.25, 0.3) is 0 Å². The van der Waals surface area contributed by atoms with E-state index in [9.17, 15) is 5.26 Å². The van der Waals surface area contributed by atoms with E-state index in [1.165, 1.54) is 0 Å². The fourth-order valence-electron chi connectivity index (χ4n) is 2.33. The van der Waals surface area contributed by atoms with E-state index in [1.54, 1.807) is 0 Å². The predicted molar refractivity (Wildman–Crippen MR) is 53.3 cm³/mol. The standard InChI is InChI=1S/C12H11NO2/c1-11-9(7-13)8-5-3-4-6-10(8)14-12(11,2)15-11/h3-6,9H,1-2H3. The van der Waals surface area contributed by atoms with Crippen LogP contribution in [0.2, 0.25) is 0 Å². The lowest BCUT2D eigenvalue weighted by Gasteiger charge is -2.26. The van der Waals surface area contributed by atoms with Crippen LogP contribution >= 0.6 is 0 Å². The highest BCUT2D eigenvalue weighted by atomic mass is 16.8. The van der Waals surface area contributed by atoms with Gasteiger partial charge in [0.1, 0.15) is 11.7 Å². The molecule has 3 nitrogen and oxygen atoms in total. The van der Waals surface area contributed by atoms with E-state index in [4.69, 9.17) is 9.47 Å². The van der Waals surface area contributed by atoms with Gasteiger partial charge in [0.15, 0.2) is 5.60 Å². The van der Waals surface area contributed by atoms with Crippen molar-refractivity contribution in [2.75, 3.05) is 0 Å². The molecule has 0 amide bonds. The monoisotopic (exact) mass is 201 g/mol. The lowest BCUT2D eigenvalue weighted by Crippen LogP contribution is -2.35. The summed E-state index contributed by atoms with van der Waals surface area (Å²) in [4.78, 5) is 0. The number of nitrogens with zero attached hydrogens (tertiary/aromatic N) is 1. The average molecular weight is 201 g/mol. The Bertz CT molecular complexity index is 479. The molecule has 0 N–H and O–H groups in total. The first-order valence-electron chi connectivity index (χ1n) is 4.98. The number of fused-ring (bicyclic) bond motifs is 2. The molecule has 0 bridgehead atoms. The molecule has 0 spiro atoms. The van der Waals surface area contributed by atoms with Crippen LogP contribution in [0.3, 0.4) is 0 Å². The predicted octanol–water partition coefficient (Wildman–Crippen LogP) is 2.19. The van der Waals surface area contributed by atoms with Crippen molar-refractivity contribution >= 4 is 0 Å². The summed E-state index contributed by atoms with van der Waals surface area (Å²) < 4.78 is 11.3. The second kappa shape index (κ2) is 2.34. The van der Waals surface area contributed by atoms with Gasteiger partial charge in [0.05, 0.1) is 6.07 Å². The quantitative estimate of drug-likeness (QED) is 0.604. The molecule has 1 fully saturated rings. The molecule has 0 aromatic heterocycles. The molecule has 0 aliphatic carbocycles. The highest BCUT2D eigenvalue weighted by Gasteiger charge is 2.73. The van der Waals surface area contributed by atoms with E-state index in [-0.39, 0.29) is 5.92 Å². The van der Waals surface area contributed by atoms with E-state index in [0.29, 0.717) is 0 Å². The maximum atomic E-state index is 9.23. The molecular weight excluding hydrogens is 190 g/mol. The van der Waals surface area contributed by atoms with E-state index < -0.39 is 11.4 Å². The van der Waals surface area contributed by atoms with E-state index in [1.807, 2.05) is 38.1 Å². The van der Waals surface area contributed by atoms with Gasteiger partial charge in [-0.25, -0.2) is 0 Å². The van der Waals surface area contributed by atoms with Crippen molar-refractivity contribution in [1.29, 1.82) is 5.26 Å². The first-order chi connectivity index (χ1) is 7.11. The smallest absolute Gasteiger partial charge is 0.239 e. The Balaban J connectivity index is 2.19. The Morgan fingerprint density at radius 1 is 1.33 bits per heavy atom. The second-order valence-corrected chi connectivity index (χ2v) is 4.36. The molecule has 3 heteroatoms. The van der Waals surface area contributed by atoms with Gasteiger partial charge < -0.3 is 9.47 Å². The second-order valence-electron chi connectivity index (χ2n) is 4.36. The topological polar surface area (TPSA) is 45.5 Å². The fourth-order valence-corrected chi connectivity index (χ4v) is 2.33. The number of ether oxygens (including phenoxy) is 2. The first kappa shape index (κ1) is 8.75. The van der Waals surface area contributed by atoms with Gasteiger partial charge in [-0.05, 0) is 13.0 Å². The molecule has 2 heterocycles. The molecule has 1 saturated heterocycles. The summed E-state index contributed by atoms with van der Waals surface area (Å²) >= 11 is 0. The van der Waals surface area contributed by atoms with Crippen LogP contribution in [0.1, 0.15) is 25.3 Å². The summed E-state index contributed by atoms with van der Waals surface area (Å²) in [5, 5.41) is 9.23. The number of rotatable bonds is 0. The van der Waals surface area contributed by atoms with Gasteiger partial charge >= 0.3 is 0 Å². The van der Waals surface area contributed by atoms with Gasteiger partial charge in [0.2, 0.25) is 5.79 Å². The van der Waals surface area contributed by atoms with Gasteiger partial charge in [-0.3, -0.25) is 0 Å². The number of para-hydroxylation sites is 1. The van der Waals surface area contributed by atoms with E-state index >= 15 is 0 Å². The van der Waals surface area contributed by atoms with Crippen LogP contribution in [0.15, 0.2) is 24.3 Å². The molecule has 0 saturated carbocycles. The minimum Gasteiger partial charge on any atom is -0.459 e. The Labute approximate surface area is 88.2 Å². The normalized spacial score (nSPS) is 40.7. The summed E-state index contributed by atoms with van der Waals surface area (Å²) in [7, 11) is 0. The third-order valence-corrected chi connectivity index (χ3v) is 3.48. The highest BCUT2D eigenvalue weighted by molar-refractivity contribution is 5.47. The molecule has 2 aliphatic heterocycles. The van der Waals surface area contributed by atoms with Gasteiger partial charge in [-0.1, -0.05) is 18.2 Å². The molecule has 1 aromatic rings. The van der Waals surface area contributed by atoms with Gasteiger partial charge in [0, 0.05) is 12.5 Å². The van der Waals surface area contributed by atoms with Crippen molar-refractivity contribution in [3.05, 3.63) is 29.8 Å². The Hall–Kier alpha value is -1.53. The summed E-state index contributed by atoms with van der Waals surface area (Å²) in [6.07, 6.45) is 0. The zero-order chi connectivity index (χ0) is 10.7. The minimum atomic E-state index is -0.623. The maximum Gasteiger partial charge on any atom is 0.239 e. The average Bonchev–Trinajstić information content (AvgIpc) is 2.75. The number of epoxide rings is 1. The van der Waals surface area contributed by atoms with Crippen LogP contribution in [0.4, 0.5) is 0 Å². The number of nitriles is 1. The number of benzene rings is 1. The highest BCUT2D eigenvalue weighted by Crippen LogP contribution is 2.61. The lowest BCUT2D eigenvalue weighted by atomic mass is 9.82. The van der Waals surface area contributed by atoms with Crippen molar-refractivity contribution in [3.63, 3.8) is 0 Å². The molecule has 0 radical (unpaired) electrons. The van der Waals surface area contributed by atoms with Crippen molar-refractivity contribution in [1.82, 2.24) is 0 Å². The molecule has 3 atom stereocenters. The van der Waals surface area contributed by atoms with Crippen LogP contribution in [-0.4, -0.2) is 11.4 Å². The van der Waals surface area contributed by atoms with Crippen molar-refractivity contribution in [3.8, 4) is 11.8 Å². The molecule has 76 valence electrons. The van der Waals surface area contributed by atoms with Crippen molar-refractivity contribution in [2.45, 2.75) is 31.2 Å². The van der Waals surface area contributed by atoms with Crippen molar-refractivity contribution < 1.29 is 9.47 Å². The largest absolute Gasteiger partial charge is 0.459 e. The Morgan fingerprint density at radius 3 is 2.80 bits per heavy atom. The lowest BCUT2D eigenvalue weighted by molar-refractivity contribution is 0.0782. The van der Waals surface area contributed by atoms with E-state index in [2.05, 4.69) is 6.07 Å². The van der Waals surface area contributed by atoms with Crippen LogP contribution in [0.25, 0.3) is 0 Å². The SMILES string of the molecule is CC12Oc3ccccc3C(C#N)C1(C)O2. The van der Waals surface area contributed by atoms with Crippen LogP contribution in [-0.2, 0) is 4.74 Å². The molecule has 2 aliphatic rings. The van der Waals surface area contributed by atoms with Crippen molar-refractivity contribution in [2.24, 2.45) is 0 Å². The number of hydrogen-bond donors (Lipinski definition) is 0. The Morgan fingerprint density at radius 2 is 2.07 bits per heavy atom.